The van der Waals surface area contributed by atoms with Gasteiger partial charge in [0, 0.05) is 33.5 Å². The van der Waals surface area contributed by atoms with E-state index in [1.807, 2.05) is 0 Å². The molecule has 0 atom stereocenters. The first-order valence-corrected chi connectivity index (χ1v) is 21.8. The van der Waals surface area contributed by atoms with Crippen molar-refractivity contribution in [1.29, 1.82) is 0 Å². The van der Waals surface area contributed by atoms with Gasteiger partial charge in [-0.2, -0.15) is 0 Å². The van der Waals surface area contributed by atoms with Crippen LogP contribution in [0, 0.1) is 0 Å². The van der Waals surface area contributed by atoms with Crippen molar-refractivity contribution in [1.82, 2.24) is 4.57 Å². The Morgan fingerprint density at radius 2 is 0.794 bits per heavy atom. The summed E-state index contributed by atoms with van der Waals surface area (Å²) in [6, 6.07) is 88.5. The average molecular weight is 803 g/mol. The van der Waals surface area contributed by atoms with Gasteiger partial charge in [0.2, 0.25) is 0 Å². The quantitative estimate of drug-likeness (QED) is 0.149. The highest BCUT2D eigenvalue weighted by Crippen LogP contribution is 2.43. The zero-order valence-electron chi connectivity index (χ0n) is 34.7. The van der Waals surface area contributed by atoms with Crippen LogP contribution in [0.4, 0.5) is 17.1 Å². The van der Waals surface area contributed by atoms with E-state index in [4.69, 9.17) is 0 Å². The van der Waals surface area contributed by atoms with Crippen LogP contribution < -0.4 is 4.90 Å². The molecule has 0 unspecified atom stereocenters. The summed E-state index contributed by atoms with van der Waals surface area (Å²) in [6.07, 6.45) is 0.989. The molecule has 12 rings (SSSR count). The summed E-state index contributed by atoms with van der Waals surface area (Å²) in [5, 5.41) is 2.60. The molecule has 0 amide bonds. The zero-order valence-corrected chi connectivity index (χ0v) is 34.7. The molecule has 2 nitrogen and oxygen atoms in total. The maximum Gasteiger partial charge on any atom is 0.0547 e. The Kier molecular flexibility index (Phi) is 8.93. The summed E-state index contributed by atoms with van der Waals surface area (Å²) >= 11 is 0. The molecule has 1 aliphatic rings. The van der Waals surface area contributed by atoms with Crippen molar-refractivity contribution in [2.24, 2.45) is 0 Å². The van der Waals surface area contributed by atoms with E-state index in [9.17, 15) is 0 Å². The van der Waals surface area contributed by atoms with Crippen LogP contribution in [0.5, 0.6) is 0 Å². The summed E-state index contributed by atoms with van der Waals surface area (Å²) in [5.74, 6) is 0. The molecule has 0 fully saturated rings. The molecular formula is C61H42N2. The minimum atomic E-state index is 0.989. The smallest absolute Gasteiger partial charge is 0.0547 e. The lowest BCUT2D eigenvalue weighted by Gasteiger charge is -2.26. The molecule has 11 aromatic rings. The first-order valence-electron chi connectivity index (χ1n) is 21.8. The van der Waals surface area contributed by atoms with E-state index in [2.05, 4.69) is 252 Å². The largest absolute Gasteiger partial charge is 0.310 e. The number of benzene rings is 10. The summed E-state index contributed by atoms with van der Waals surface area (Å²) in [5.41, 5.74) is 22.0. The molecule has 1 aromatic heterocycles. The van der Waals surface area contributed by atoms with E-state index in [-0.39, 0.29) is 0 Å². The average Bonchev–Trinajstić information content (AvgIpc) is 3.89. The van der Waals surface area contributed by atoms with Crippen LogP contribution in [0.2, 0.25) is 0 Å². The Labute approximate surface area is 368 Å². The van der Waals surface area contributed by atoms with Gasteiger partial charge in [0.05, 0.1) is 11.0 Å². The minimum Gasteiger partial charge on any atom is -0.310 e. The molecule has 10 aromatic carbocycles. The number of rotatable bonds is 8. The van der Waals surface area contributed by atoms with Crippen molar-refractivity contribution in [3.63, 3.8) is 0 Å². The molecule has 0 bridgehead atoms. The van der Waals surface area contributed by atoms with E-state index < -0.39 is 0 Å². The molecular weight excluding hydrogens is 761 g/mol. The van der Waals surface area contributed by atoms with Gasteiger partial charge in [-0.3, -0.25) is 0 Å². The second-order valence-electron chi connectivity index (χ2n) is 16.6. The highest BCUT2D eigenvalue weighted by Gasteiger charge is 2.22. The Morgan fingerprint density at radius 1 is 0.286 bits per heavy atom. The second kappa shape index (κ2) is 15.4. The fraction of sp³-hybridized carbons (Fsp3) is 0.0164. The Morgan fingerprint density at radius 3 is 1.48 bits per heavy atom. The summed E-state index contributed by atoms with van der Waals surface area (Å²) in [7, 11) is 0. The topological polar surface area (TPSA) is 8.17 Å². The van der Waals surface area contributed by atoms with E-state index in [0.717, 1.165) is 34.7 Å². The number of anilines is 3. The lowest BCUT2D eigenvalue weighted by Crippen LogP contribution is -2.10. The number of hydrogen-bond donors (Lipinski definition) is 0. The number of aromatic nitrogens is 1. The maximum atomic E-state index is 2.44. The molecule has 296 valence electrons. The van der Waals surface area contributed by atoms with Crippen molar-refractivity contribution in [3.05, 3.63) is 254 Å². The van der Waals surface area contributed by atoms with Gasteiger partial charge >= 0.3 is 0 Å². The fourth-order valence-electron chi connectivity index (χ4n) is 9.70. The van der Waals surface area contributed by atoms with Gasteiger partial charge < -0.3 is 9.47 Å². The molecule has 0 spiro atoms. The standard InChI is InChI=1S/C61H42N2/c1-3-13-42(14-4-1)44-25-31-52(32-26-44)62(53-33-27-45(28-34-53)43-15-5-2-6-16-43)55-21-12-20-49(39-55)48-19-11-18-47(37-48)46-29-35-54(36-30-46)63-60-24-10-9-23-57(60)59-40-51-38-50-17-7-8-22-56(50)58(51)41-61(59)63/h1-37,39-41H,38H2. The first kappa shape index (κ1) is 36.6. The van der Waals surface area contributed by atoms with Crippen molar-refractivity contribution < 1.29 is 0 Å². The van der Waals surface area contributed by atoms with Gasteiger partial charge in [0.1, 0.15) is 0 Å². The van der Waals surface area contributed by atoms with Crippen LogP contribution >= 0.6 is 0 Å². The van der Waals surface area contributed by atoms with Crippen LogP contribution in [0.15, 0.2) is 243 Å². The fourth-order valence-corrected chi connectivity index (χ4v) is 9.70. The Hall–Kier alpha value is -8.20. The van der Waals surface area contributed by atoms with Crippen molar-refractivity contribution in [3.8, 4) is 61.3 Å². The summed E-state index contributed by atoms with van der Waals surface area (Å²) in [6.45, 7) is 0. The van der Waals surface area contributed by atoms with Gasteiger partial charge in [0.25, 0.3) is 0 Å². The van der Waals surface area contributed by atoms with E-state index in [1.165, 1.54) is 83.0 Å². The number of nitrogens with zero attached hydrogens (tertiary/aromatic N) is 2. The maximum absolute atomic E-state index is 2.44. The normalized spacial score (nSPS) is 11.7. The summed E-state index contributed by atoms with van der Waals surface area (Å²) in [4.78, 5) is 2.36. The van der Waals surface area contributed by atoms with E-state index >= 15 is 0 Å². The van der Waals surface area contributed by atoms with Crippen molar-refractivity contribution >= 4 is 38.9 Å². The monoisotopic (exact) mass is 802 g/mol. The lowest BCUT2D eigenvalue weighted by atomic mass is 9.98. The van der Waals surface area contributed by atoms with Gasteiger partial charge in [-0.1, -0.05) is 170 Å². The van der Waals surface area contributed by atoms with Gasteiger partial charge in [-0.15, -0.1) is 0 Å². The highest BCUT2D eigenvalue weighted by atomic mass is 15.1. The summed E-state index contributed by atoms with van der Waals surface area (Å²) < 4.78 is 2.44. The van der Waals surface area contributed by atoms with Crippen LogP contribution in [0.25, 0.3) is 83.1 Å². The third-order valence-electron chi connectivity index (χ3n) is 12.8. The van der Waals surface area contributed by atoms with E-state index in [1.54, 1.807) is 0 Å². The van der Waals surface area contributed by atoms with E-state index in [0.29, 0.717) is 0 Å². The molecule has 0 N–H and O–H groups in total. The second-order valence-corrected chi connectivity index (χ2v) is 16.6. The van der Waals surface area contributed by atoms with Gasteiger partial charge in [-0.05, 0) is 146 Å². The predicted octanol–water partition coefficient (Wildman–Crippen LogP) is 16.5. The first-order chi connectivity index (χ1) is 31.2. The molecule has 1 aliphatic carbocycles. The molecule has 0 saturated carbocycles. The number of fused-ring (bicyclic) bond motifs is 6. The Bertz CT molecular complexity index is 3350. The van der Waals surface area contributed by atoms with Crippen LogP contribution in [0.3, 0.4) is 0 Å². The predicted molar refractivity (Wildman–Crippen MR) is 265 cm³/mol. The molecule has 0 radical (unpaired) electrons. The third-order valence-corrected chi connectivity index (χ3v) is 12.8. The molecule has 2 heteroatoms. The number of hydrogen-bond acceptors (Lipinski definition) is 1. The number of para-hydroxylation sites is 1. The molecule has 63 heavy (non-hydrogen) atoms. The Balaban J connectivity index is 0.889. The zero-order chi connectivity index (χ0) is 41.7. The van der Waals surface area contributed by atoms with Crippen LogP contribution in [0.1, 0.15) is 11.1 Å². The van der Waals surface area contributed by atoms with Crippen LogP contribution in [-0.2, 0) is 6.42 Å². The molecule has 0 saturated heterocycles. The third kappa shape index (κ3) is 6.61. The minimum absolute atomic E-state index is 0.989. The molecule has 0 aliphatic heterocycles. The highest BCUT2D eigenvalue weighted by molar-refractivity contribution is 6.11. The van der Waals surface area contributed by atoms with Gasteiger partial charge in [-0.25, -0.2) is 0 Å². The lowest BCUT2D eigenvalue weighted by molar-refractivity contribution is 1.18. The van der Waals surface area contributed by atoms with Crippen LogP contribution in [-0.4, -0.2) is 4.57 Å². The van der Waals surface area contributed by atoms with Crippen molar-refractivity contribution in [2.75, 3.05) is 4.90 Å². The van der Waals surface area contributed by atoms with Gasteiger partial charge in [0.15, 0.2) is 0 Å². The molecule has 1 heterocycles. The van der Waals surface area contributed by atoms with Crippen molar-refractivity contribution in [2.45, 2.75) is 6.42 Å². The SMILES string of the molecule is c1ccc(-c2ccc(N(c3ccc(-c4ccccc4)cc3)c3cccc(-c4cccc(-c5ccc(-n6c7ccccc7c7cc8c(cc76)-c6ccccc6C8)cc5)c4)c3)cc2)cc1.